The van der Waals surface area contributed by atoms with Crippen molar-refractivity contribution in [3.05, 3.63) is 104 Å². The second kappa shape index (κ2) is 13.3. The zero-order valence-corrected chi connectivity index (χ0v) is 28.1. The Hall–Kier alpha value is -5.29. The molecule has 2 heterocycles. The van der Waals surface area contributed by atoms with Crippen LogP contribution in [-0.2, 0) is 16.0 Å². The summed E-state index contributed by atoms with van der Waals surface area (Å²) in [6, 6.07) is 17.5. The van der Waals surface area contributed by atoms with Crippen LogP contribution >= 0.6 is 11.6 Å². The van der Waals surface area contributed by atoms with Gasteiger partial charge in [-0.3, -0.25) is 19.2 Å². The van der Waals surface area contributed by atoms with Crippen molar-refractivity contribution in [1.29, 1.82) is 0 Å². The number of aliphatic hydroxyl groups excluding tert-OH is 1. The molecule has 6 rings (SSSR count). The number of para-hydroxylation sites is 1. The number of pyridine rings is 1. The van der Waals surface area contributed by atoms with Gasteiger partial charge in [-0.05, 0) is 41.6 Å². The molecule has 2 aliphatic rings. The summed E-state index contributed by atoms with van der Waals surface area (Å²) in [5.74, 6) is -3.51. The number of carbonyl (C=O) groups is 3. The molecular weight excluding hydrogens is 652 g/mol. The molecule has 1 amide bonds. The predicted octanol–water partition coefficient (Wildman–Crippen LogP) is 5.48. The Labute approximate surface area is 286 Å². The summed E-state index contributed by atoms with van der Waals surface area (Å²) in [6.07, 6.45) is -0.0902. The zero-order valence-electron chi connectivity index (χ0n) is 27.3. The van der Waals surface area contributed by atoms with Crippen molar-refractivity contribution in [3.63, 3.8) is 0 Å². The highest BCUT2D eigenvalue weighted by Gasteiger charge is 2.61. The van der Waals surface area contributed by atoms with E-state index in [-0.39, 0.29) is 58.4 Å². The van der Waals surface area contributed by atoms with Gasteiger partial charge in [0.1, 0.15) is 27.8 Å². The molecule has 3 N–H and O–H groups in total. The minimum atomic E-state index is -2.08. The summed E-state index contributed by atoms with van der Waals surface area (Å²) >= 11 is 6.60. The first-order chi connectivity index (χ1) is 23.5. The number of hydrogen-bond donors (Lipinski definition) is 3. The molecule has 1 spiro atoms. The zero-order chi connectivity index (χ0) is 35.0. The van der Waals surface area contributed by atoms with Crippen molar-refractivity contribution in [3.8, 4) is 23.0 Å². The van der Waals surface area contributed by atoms with Crippen LogP contribution in [0.1, 0.15) is 47.2 Å². The van der Waals surface area contributed by atoms with E-state index >= 15 is 0 Å². The van der Waals surface area contributed by atoms with E-state index in [1.54, 1.807) is 44.4 Å². The number of fused-ring (bicyclic) bond motifs is 2. The molecule has 4 aromatic rings. The number of H-pyrrole nitrogens is 1. The van der Waals surface area contributed by atoms with E-state index in [2.05, 4.69) is 10.3 Å². The van der Waals surface area contributed by atoms with Gasteiger partial charge in [-0.15, -0.1) is 0 Å². The molecular formula is C37H35ClN2O9. The van der Waals surface area contributed by atoms with Gasteiger partial charge in [-0.2, -0.15) is 0 Å². The van der Waals surface area contributed by atoms with Gasteiger partial charge >= 0.3 is 0 Å². The normalized spacial score (nSPS) is 19.1. The first kappa shape index (κ1) is 33.6. The lowest BCUT2D eigenvalue weighted by atomic mass is 9.69. The number of benzene rings is 3. The maximum atomic E-state index is 14.4. The Balaban J connectivity index is 1.43. The van der Waals surface area contributed by atoms with E-state index in [1.165, 1.54) is 20.3 Å². The van der Waals surface area contributed by atoms with Gasteiger partial charge in [0.25, 0.3) is 5.56 Å². The number of methoxy groups -OCH3 is 3. The highest BCUT2D eigenvalue weighted by molar-refractivity contribution is 6.35. The Morgan fingerprint density at radius 1 is 1.04 bits per heavy atom. The number of allylic oxidation sites excluding steroid dienone is 1. The van der Waals surface area contributed by atoms with Crippen LogP contribution in [0.2, 0.25) is 5.02 Å². The van der Waals surface area contributed by atoms with E-state index in [1.807, 2.05) is 24.3 Å². The number of ketones is 2. The van der Waals surface area contributed by atoms with Gasteiger partial charge in [0.2, 0.25) is 17.3 Å². The lowest BCUT2D eigenvalue weighted by Gasteiger charge is -2.38. The van der Waals surface area contributed by atoms with Gasteiger partial charge in [0.05, 0.1) is 21.3 Å². The number of hydrogen-bond acceptors (Lipinski definition) is 9. The molecule has 0 bridgehead atoms. The third kappa shape index (κ3) is 5.78. The van der Waals surface area contributed by atoms with Gasteiger partial charge in [0, 0.05) is 53.9 Å². The smallest absolute Gasteiger partial charge is 0.252 e. The summed E-state index contributed by atoms with van der Waals surface area (Å²) in [5.41, 5.74) is -1.32. The largest absolute Gasteiger partial charge is 0.507 e. The SMILES string of the molecule is COc1ccc(CCNC(=O)C[C@@H](C2=C(O)[C@@]3(Oc4c(Cl)c(OC)cc(OC)c4C3=O)[C@H](C)CC2=O)c2cc3ccccc3[nH]c2=O)cc1. The third-order valence-corrected chi connectivity index (χ3v) is 9.66. The average molecular weight is 687 g/mol. The van der Waals surface area contributed by atoms with Gasteiger partial charge in [-0.1, -0.05) is 48.9 Å². The molecule has 254 valence electrons. The van der Waals surface area contributed by atoms with Crippen molar-refractivity contribution >= 4 is 40.0 Å². The highest BCUT2D eigenvalue weighted by atomic mass is 35.5. The minimum Gasteiger partial charge on any atom is -0.507 e. The Bertz CT molecular complexity index is 2070. The van der Waals surface area contributed by atoms with Crippen molar-refractivity contribution in [2.75, 3.05) is 27.9 Å². The molecule has 12 heteroatoms. The number of aromatic amines is 1. The molecule has 0 radical (unpaired) electrons. The molecule has 3 atom stereocenters. The number of aromatic nitrogens is 1. The molecule has 3 aromatic carbocycles. The van der Waals surface area contributed by atoms with Crippen LogP contribution in [0.15, 0.2) is 76.8 Å². The summed E-state index contributed by atoms with van der Waals surface area (Å²) in [6.45, 7) is 1.87. The summed E-state index contributed by atoms with van der Waals surface area (Å²) in [4.78, 5) is 58.3. The summed E-state index contributed by atoms with van der Waals surface area (Å²) in [5, 5.41) is 15.7. The highest BCUT2D eigenvalue weighted by Crippen LogP contribution is 2.55. The van der Waals surface area contributed by atoms with Crippen LogP contribution in [0.4, 0.5) is 0 Å². The first-order valence-corrected chi connectivity index (χ1v) is 16.1. The standard InChI is InChI=1S/C37H35ClN2O9/c1-19-15-26(41)30(34(43)37(19)35(44)31-27(47-3)18-28(48-4)32(38)33(31)49-37)23(24-16-21-7-5-6-8-25(21)40-36(24)45)17-29(42)39-14-13-20-9-11-22(46-2)12-10-20/h5-12,16,18-19,23,43H,13-15,17H2,1-4H3,(H,39,42)(H,40,45)/t19-,23-,37+/m1/s1. The minimum absolute atomic E-state index is 0.0132. The molecule has 1 aliphatic heterocycles. The molecule has 1 aromatic heterocycles. The van der Waals surface area contributed by atoms with Crippen molar-refractivity contribution in [2.24, 2.45) is 5.92 Å². The monoisotopic (exact) mass is 686 g/mol. The maximum absolute atomic E-state index is 14.4. The van der Waals surface area contributed by atoms with Crippen molar-refractivity contribution in [1.82, 2.24) is 10.3 Å². The van der Waals surface area contributed by atoms with Gasteiger partial charge in [0.15, 0.2) is 17.3 Å². The second-order valence-electron chi connectivity index (χ2n) is 12.1. The fourth-order valence-electron chi connectivity index (χ4n) is 6.73. The van der Waals surface area contributed by atoms with Crippen molar-refractivity contribution < 1.29 is 38.4 Å². The quantitative estimate of drug-likeness (QED) is 0.197. The maximum Gasteiger partial charge on any atom is 0.252 e. The van der Waals surface area contributed by atoms with Crippen LogP contribution < -0.4 is 29.8 Å². The fourth-order valence-corrected chi connectivity index (χ4v) is 6.99. The number of aliphatic hydroxyl groups is 1. The average Bonchev–Trinajstić information content (AvgIpc) is 3.41. The Morgan fingerprint density at radius 3 is 2.45 bits per heavy atom. The van der Waals surface area contributed by atoms with Crippen LogP contribution in [-0.4, -0.2) is 61.0 Å². The van der Waals surface area contributed by atoms with Gasteiger partial charge < -0.3 is 34.4 Å². The molecule has 1 aliphatic carbocycles. The van der Waals surface area contributed by atoms with Crippen LogP contribution in [0.3, 0.4) is 0 Å². The van der Waals surface area contributed by atoms with E-state index in [4.69, 9.17) is 30.5 Å². The molecule has 0 saturated carbocycles. The number of carbonyl (C=O) groups excluding carboxylic acids is 3. The lowest BCUT2D eigenvalue weighted by molar-refractivity contribution is -0.121. The number of Topliss-reactive ketones (excluding diaryl/α,β-unsaturated/α-hetero) is 2. The molecule has 0 saturated heterocycles. The van der Waals surface area contributed by atoms with Crippen LogP contribution in [0.5, 0.6) is 23.0 Å². The Morgan fingerprint density at radius 2 is 1.76 bits per heavy atom. The number of nitrogens with one attached hydrogen (secondary N) is 2. The van der Waals surface area contributed by atoms with E-state index in [0.29, 0.717) is 23.1 Å². The molecule has 49 heavy (non-hydrogen) atoms. The lowest BCUT2D eigenvalue weighted by Crippen LogP contribution is -2.53. The van der Waals surface area contributed by atoms with E-state index in [0.717, 1.165) is 5.56 Å². The van der Waals surface area contributed by atoms with Gasteiger partial charge in [-0.25, -0.2) is 0 Å². The molecule has 0 unspecified atom stereocenters. The van der Waals surface area contributed by atoms with Crippen LogP contribution in [0.25, 0.3) is 10.9 Å². The van der Waals surface area contributed by atoms with E-state index in [9.17, 15) is 24.3 Å². The first-order valence-electron chi connectivity index (χ1n) is 15.7. The molecule has 11 nitrogen and oxygen atoms in total. The second-order valence-corrected chi connectivity index (χ2v) is 12.5. The number of halogens is 1. The fraction of sp³-hybridized carbons (Fsp3) is 0.297. The summed E-state index contributed by atoms with van der Waals surface area (Å²) < 4.78 is 22.3. The predicted molar refractivity (Wildman–Crippen MR) is 182 cm³/mol. The third-order valence-electron chi connectivity index (χ3n) is 9.30. The number of amides is 1. The topological polar surface area (TPSA) is 153 Å². The summed E-state index contributed by atoms with van der Waals surface area (Å²) in [7, 11) is 4.34. The number of rotatable bonds is 10. The van der Waals surface area contributed by atoms with Crippen LogP contribution in [0, 0.1) is 5.92 Å². The number of ether oxygens (including phenoxy) is 4. The Kier molecular flexibility index (Phi) is 9.13. The molecule has 0 fully saturated rings. The van der Waals surface area contributed by atoms with Crippen molar-refractivity contribution in [2.45, 2.75) is 37.7 Å². The van der Waals surface area contributed by atoms with E-state index < -0.39 is 46.2 Å².